The van der Waals surface area contributed by atoms with E-state index in [1.807, 2.05) is 19.1 Å². The smallest absolute Gasteiger partial charge is 0.264 e. The van der Waals surface area contributed by atoms with Crippen molar-refractivity contribution in [1.29, 1.82) is 0 Å². The molecule has 1 heterocycles. The number of anilines is 1. The number of benzene rings is 2. The summed E-state index contributed by atoms with van der Waals surface area (Å²) >= 11 is 0. The van der Waals surface area contributed by atoms with Crippen LogP contribution in [0.15, 0.2) is 41.3 Å². The Morgan fingerprint density at radius 1 is 0.957 bits per heavy atom. The van der Waals surface area contributed by atoms with Gasteiger partial charge in [0.15, 0.2) is 11.5 Å². The Labute approximate surface area is 136 Å². The summed E-state index contributed by atoms with van der Waals surface area (Å²) in [5.74, 6) is 1.20. The van der Waals surface area contributed by atoms with Crippen LogP contribution < -0.4 is 13.8 Å². The lowest BCUT2D eigenvalue weighted by molar-refractivity contribution is 0.171. The van der Waals surface area contributed by atoms with E-state index in [0.717, 1.165) is 11.1 Å². The lowest BCUT2D eigenvalue weighted by Crippen LogP contribution is -2.27. The molecular weight excluding hydrogens is 314 g/mol. The predicted molar refractivity (Wildman–Crippen MR) is 88.9 cm³/mol. The summed E-state index contributed by atoms with van der Waals surface area (Å²) in [6, 6.07) is 10.6. The molecule has 0 aliphatic carbocycles. The van der Waals surface area contributed by atoms with Crippen molar-refractivity contribution >= 4 is 15.7 Å². The van der Waals surface area contributed by atoms with Gasteiger partial charge in [0, 0.05) is 13.1 Å². The number of ether oxygens (including phenoxy) is 2. The van der Waals surface area contributed by atoms with Crippen molar-refractivity contribution in [3.8, 4) is 11.5 Å². The van der Waals surface area contributed by atoms with Crippen LogP contribution in [0.2, 0.25) is 0 Å². The average Bonchev–Trinajstić information content (AvgIpc) is 2.55. The van der Waals surface area contributed by atoms with E-state index in [1.165, 1.54) is 4.31 Å². The first-order valence-corrected chi connectivity index (χ1v) is 8.79. The quantitative estimate of drug-likeness (QED) is 0.867. The summed E-state index contributed by atoms with van der Waals surface area (Å²) in [6.07, 6.45) is 0. The Kier molecular flexibility index (Phi) is 3.93. The van der Waals surface area contributed by atoms with Gasteiger partial charge < -0.3 is 9.47 Å². The number of hydrogen-bond donors (Lipinski definition) is 0. The summed E-state index contributed by atoms with van der Waals surface area (Å²) in [4.78, 5) is 0.315. The summed E-state index contributed by atoms with van der Waals surface area (Å²) in [6.45, 7) is 4.64. The zero-order chi connectivity index (χ0) is 16.6. The van der Waals surface area contributed by atoms with Crippen molar-refractivity contribution in [3.05, 3.63) is 47.5 Å². The maximum Gasteiger partial charge on any atom is 0.264 e. The van der Waals surface area contributed by atoms with E-state index in [-0.39, 0.29) is 0 Å². The molecule has 0 radical (unpaired) electrons. The average molecular weight is 333 g/mol. The SMILES string of the molecule is Cc1ccc(C)c(S(=O)(=O)N(C)c2ccc3c(c2)OCCO3)c1. The molecule has 1 aliphatic rings. The van der Waals surface area contributed by atoms with Gasteiger partial charge in [0.2, 0.25) is 0 Å². The number of sulfonamides is 1. The van der Waals surface area contributed by atoms with Gasteiger partial charge in [-0.15, -0.1) is 0 Å². The van der Waals surface area contributed by atoms with Crippen molar-refractivity contribution in [2.45, 2.75) is 18.7 Å². The Bertz CT molecular complexity index is 846. The largest absolute Gasteiger partial charge is 0.486 e. The molecule has 122 valence electrons. The number of fused-ring (bicyclic) bond motifs is 1. The molecule has 23 heavy (non-hydrogen) atoms. The highest BCUT2D eigenvalue weighted by Gasteiger charge is 2.24. The topological polar surface area (TPSA) is 55.8 Å². The van der Waals surface area contributed by atoms with Crippen LogP contribution in [-0.2, 0) is 10.0 Å². The second-order valence-electron chi connectivity index (χ2n) is 5.57. The van der Waals surface area contributed by atoms with Gasteiger partial charge in [-0.25, -0.2) is 8.42 Å². The van der Waals surface area contributed by atoms with Crippen LogP contribution in [0.25, 0.3) is 0 Å². The summed E-state index contributed by atoms with van der Waals surface area (Å²) < 4.78 is 38.1. The van der Waals surface area contributed by atoms with E-state index >= 15 is 0 Å². The third-order valence-electron chi connectivity index (χ3n) is 3.87. The maximum absolute atomic E-state index is 12.9. The van der Waals surface area contributed by atoms with Gasteiger partial charge in [-0.2, -0.15) is 0 Å². The van der Waals surface area contributed by atoms with Gasteiger partial charge in [0.1, 0.15) is 13.2 Å². The molecule has 5 nitrogen and oxygen atoms in total. The first-order valence-electron chi connectivity index (χ1n) is 7.35. The molecule has 0 atom stereocenters. The van der Waals surface area contributed by atoms with E-state index in [1.54, 1.807) is 38.2 Å². The van der Waals surface area contributed by atoms with E-state index in [0.29, 0.717) is 35.3 Å². The van der Waals surface area contributed by atoms with Crippen molar-refractivity contribution in [2.75, 3.05) is 24.6 Å². The first kappa shape index (κ1) is 15.7. The molecule has 3 rings (SSSR count). The third-order valence-corrected chi connectivity index (χ3v) is 5.80. The molecule has 0 saturated carbocycles. The minimum absolute atomic E-state index is 0.315. The molecule has 0 N–H and O–H groups in total. The van der Waals surface area contributed by atoms with Crippen LogP contribution >= 0.6 is 0 Å². The number of nitrogens with zero attached hydrogens (tertiary/aromatic N) is 1. The molecule has 0 bridgehead atoms. The predicted octanol–water partition coefficient (Wildman–Crippen LogP) is 2.90. The molecular formula is C17H19NO4S. The Hall–Kier alpha value is -2.21. The maximum atomic E-state index is 12.9. The minimum atomic E-state index is -3.63. The zero-order valence-electron chi connectivity index (χ0n) is 13.4. The second-order valence-corrected chi connectivity index (χ2v) is 7.51. The first-order chi connectivity index (χ1) is 10.9. The Morgan fingerprint density at radius 2 is 1.65 bits per heavy atom. The molecule has 1 aliphatic heterocycles. The van der Waals surface area contributed by atoms with E-state index < -0.39 is 10.0 Å². The van der Waals surface area contributed by atoms with Crippen LogP contribution in [-0.4, -0.2) is 28.7 Å². The fourth-order valence-corrected chi connectivity index (χ4v) is 4.00. The van der Waals surface area contributed by atoms with Crippen molar-refractivity contribution in [3.63, 3.8) is 0 Å². The Balaban J connectivity index is 2.01. The normalized spacial score (nSPS) is 13.7. The van der Waals surface area contributed by atoms with Gasteiger partial charge in [-0.3, -0.25) is 4.31 Å². The molecule has 0 amide bonds. The fourth-order valence-electron chi connectivity index (χ4n) is 2.50. The summed E-state index contributed by atoms with van der Waals surface area (Å²) in [7, 11) is -2.09. The molecule has 0 fully saturated rings. The molecule has 0 unspecified atom stereocenters. The summed E-state index contributed by atoms with van der Waals surface area (Å²) in [5, 5.41) is 0. The van der Waals surface area contributed by atoms with Gasteiger partial charge in [-0.1, -0.05) is 12.1 Å². The van der Waals surface area contributed by atoms with E-state index in [4.69, 9.17) is 9.47 Å². The molecule has 2 aromatic carbocycles. The van der Waals surface area contributed by atoms with Crippen molar-refractivity contribution in [1.82, 2.24) is 0 Å². The molecule has 0 spiro atoms. The van der Waals surface area contributed by atoms with E-state index in [2.05, 4.69) is 0 Å². The highest BCUT2D eigenvalue weighted by molar-refractivity contribution is 7.92. The second kappa shape index (κ2) is 5.77. The van der Waals surface area contributed by atoms with Crippen LogP contribution in [0, 0.1) is 13.8 Å². The number of hydrogen-bond acceptors (Lipinski definition) is 4. The highest BCUT2D eigenvalue weighted by atomic mass is 32.2. The number of rotatable bonds is 3. The minimum Gasteiger partial charge on any atom is -0.486 e. The van der Waals surface area contributed by atoms with Crippen molar-refractivity contribution in [2.24, 2.45) is 0 Å². The third kappa shape index (κ3) is 2.86. The Morgan fingerprint density at radius 3 is 2.39 bits per heavy atom. The molecule has 2 aromatic rings. The zero-order valence-corrected chi connectivity index (χ0v) is 14.2. The molecule has 6 heteroatoms. The van der Waals surface area contributed by atoms with Crippen molar-refractivity contribution < 1.29 is 17.9 Å². The van der Waals surface area contributed by atoms with Crippen LogP contribution in [0.5, 0.6) is 11.5 Å². The van der Waals surface area contributed by atoms with Crippen LogP contribution in [0.4, 0.5) is 5.69 Å². The molecule has 0 saturated heterocycles. The monoisotopic (exact) mass is 333 g/mol. The van der Waals surface area contributed by atoms with Gasteiger partial charge in [-0.05, 0) is 43.2 Å². The highest BCUT2D eigenvalue weighted by Crippen LogP contribution is 2.35. The van der Waals surface area contributed by atoms with Crippen LogP contribution in [0.1, 0.15) is 11.1 Å². The fraction of sp³-hybridized carbons (Fsp3) is 0.294. The van der Waals surface area contributed by atoms with Crippen LogP contribution in [0.3, 0.4) is 0 Å². The lowest BCUT2D eigenvalue weighted by Gasteiger charge is -2.24. The number of aryl methyl sites for hydroxylation is 2. The van der Waals surface area contributed by atoms with E-state index in [9.17, 15) is 8.42 Å². The standard InChI is InChI=1S/C17H19NO4S/c1-12-4-5-13(2)17(10-12)23(19,20)18(3)14-6-7-15-16(11-14)22-9-8-21-15/h4-7,10-11H,8-9H2,1-3H3. The molecule has 0 aromatic heterocycles. The van der Waals surface area contributed by atoms with Gasteiger partial charge in [0.25, 0.3) is 10.0 Å². The summed E-state index contributed by atoms with van der Waals surface area (Å²) in [5.41, 5.74) is 2.17. The lowest BCUT2D eigenvalue weighted by atomic mass is 10.2. The van der Waals surface area contributed by atoms with Gasteiger partial charge >= 0.3 is 0 Å². The van der Waals surface area contributed by atoms with Gasteiger partial charge in [0.05, 0.1) is 10.6 Å².